The number of aromatic nitrogens is 2. The van der Waals surface area contributed by atoms with E-state index >= 15 is 0 Å². The van der Waals surface area contributed by atoms with Crippen LogP contribution < -0.4 is 10.6 Å². The van der Waals surface area contributed by atoms with Crippen LogP contribution >= 0.6 is 0 Å². The predicted molar refractivity (Wildman–Crippen MR) is 121 cm³/mol. The standard InChI is InChI=1S/C16H23N5O2S.C6H4/c1-12-13-3-4-15(20-14(13)5-6-18-12)19-8-10-21-9-7-17-11-16(21)24(2,22)23;1-2-6-4-3-5(1)6/h3-6,16-17H,7-11H2,1-2H3,(H,19,20);1-4H. The Bertz CT molecular complexity index is 1110. The van der Waals surface area contributed by atoms with E-state index in [0.29, 0.717) is 19.6 Å². The monoisotopic (exact) mass is 425 g/mol. The lowest BCUT2D eigenvalue weighted by Gasteiger charge is -2.34. The summed E-state index contributed by atoms with van der Waals surface area (Å²) >= 11 is 0. The Morgan fingerprint density at radius 2 is 1.87 bits per heavy atom. The average molecular weight is 426 g/mol. The van der Waals surface area contributed by atoms with Crippen molar-refractivity contribution < 1.29 is 8.42 Å². The van der Waals surface area contributed by atoms with Crippen LogP contribution in [-0.2, 0) is 9.84 Å². The molecule has 2 aromatic heterocycles. The fourth-order valence-corrected chi connectivity index (χ4v) is 4.86. The molecule has 0 bridgehead atoms. The molecule has 0 spiro atoms. The van der Waals surface area contributed by atoms with Gasteiger partial charge in [-0.05, 0) is 36.2 Å². The Morgan fingerprint density at radius 3 is 2.50 bits per heavy atom. The number of pyridine rings is 2. The highest BCUT2D eigenvalue weighted by molar-refractivity contribution is 7.91. The Hall–Kier alpha value is -2.55. The first-order valence-electron chi connectivity index (χ1n) is 10.1. The molecule has 2 aliphatic carbocycles. The second kappa shape index (κ2) is 8.67. The molecular weight excluding hydrogens is 398 g/mol. The Labute approximate surface area is 177 Å². The van der Waals surface area contributed by atoms with Crippen LogP contribution in [-0.4, -0.2) is 67.6 Å². The summed E-state index contributed by atoms with van der Waals surface area (Å²) in [7, 11) is -3.09. The Kier molecular flexibility index (Phi) is 5.99. The molecule has 30 heavy (non-hydrogen) atoms. The van der Waals surface area contributed by atoms with E-state index in [1.165, 1.54) is 17.4 Å². The summed E-state index contributed by atoms with van der Waals surface area (Å²) in [6.45, 7) is 5.30. The third-order valence-electron chi connectivity index (χ3n) is 5.53. The molecule has 3 aliphatic rings. The molecule has 0 radical (unpaired) electrons. The van der Waals surface area contributed by atoms with Gasteiger partial charge in [-0.3, -0.25) is 9.88 Å². The smallest absolute Gasteiger partial charge is 0.164 e. The summed E-state index contributed by atoms with van der Waals surface area (Å²) in [6.07, 6.45) is 3.05. The van der Waals surface area contributed by atoms with Crippen molar-refractivity contribution in [3.63, 3.8) is 0 Å². The second-order valence-electron chi connectivity index (χ2n) is 7.69. The van der Waals surface area contributed by atoms with Crippen LogP contribution in [0.2, 0.25) is 0 Å². The van der Waals surface area contributed by atoms with Crippen molar-refractivity contribution in [2.45, 2.75) is 12.3 Å². The van der Waals surface area contributed by atoms with Gasteiger partial charge in [0, 0.05) is 56.3 Å². The van der Waals surface area contributed by atoms with Gasteiger partial charge < -0.3 is 10.6 Å². The van der Waals surface area contributed by atoms with Crippen molar-refractivity contribution in [2.24, 2.45) is 0 Å². The minimum Gasteiger partial charge on any atom is -0.369 e. The molecule has 2 N–H and O–H groups in total. The Balaban J connectivity index is 0.000000305. The zero-order valence-electron chi connectivity index (χ0n) is 17.3. The number of rotatable bonds is 5. The molecule has 2 aromatic rings. The van der Waals surface area contributed by atoms with Crippen molar-refractivity contribution in [1.82, 2.24) is 20.2 Å². The molecule has 0 amide bonds. The fourth-order valence-electron chi connectivity index (χ4n) is 3.69. The molecule has 1 atom stereocenters. The summed E-state index contributed by atoms with van der Waals surface area (Å²) in [5.74, 6) is 0.791. The zero-order chi connectivity index (χ0) is 21.1. The number of aryl methyl sites for hydroxylation is 1. The predicted octanol–water partition coefficient (Wildman–Crippen LogP) is 2.29. The summed E-state index contributed by atoms with van der Waals surface area (Å²) in [5.41, 5.74) is 4.72. The van der Waals surface area contributed by atoms with Gasteiger partial charge in [0.1, 0.15) is 11.2 Å². The SMILES string of the molecule is Cc1nccc2nc(NCCN3CCNCC3S(C)(=O)=O)ccc12.c1cc2ccc1-2. The zero-order valence-corrected chi connectivity index (χ0v) is 18.1. The van der Waals surface area contributed by atoms with Crippen LogP contribution in [0.1, 0.15) is 5.69 Å². The highest BCUT2D eigenvalue weighted by Crippen LogP contribution is 2.29. The number of hydrogen-bond donors (Lipinski definition) is 2. The van der Waals surface area contributed by atoms with E-state index in [9.17, 15) is 8.42 Å². The van der Waals surface area contributed by atoms with E-state index in [4.69, 9.17) is 0 Å². The maximum Gasteiger partial charge on any atom is 0.164 e. The molecule has 8 heteroatoms. The van der Waals surface area contributed by atoms with Gasteiger partial charge in [0.2, 0.25) is 0 Å². The van der Waals surface area contributed by atoms with Crippen LogP contribution in [0.3, 0.4) is 0 Å². The number of anilines is 1. The topological polar surface area (TPSA) is 87.2 Å². The third-order valence-corrected chi connectivity index (χ3v) is 6.99. The number of sulfone groups is 1. The van der Waals surface area contributed by atoms with Crippen LogP contribution in [0.15, 0.2) is 48.7 Å². The summed E-state index contributed by atoms with van der Waals surface area (Å²) < 4.78 is 23.8. The van der Waals surface area contributed by atoms with Gasteiger partial charge in [-0.25, -0.2) is 13.4 Å². The van der Waals surface area contributed by atoms with Crippen molar-refractivity contribution in [3.8, 4) is 11.1 Å². The van der Waals surface area contributed by atoms with E-state index in [2.05, 4.69) is 44.9 Å². The highest BCUT2D eigenvalue weighted by atomic mass is 32.2. The highest BCUT2D eigenvalue weighted by Gasteiger charge is 2.29. The molecule has 0 saturated carbocycles. The van der Waals surface area contributed by atoms with Gasteiger partial charge in [-0.15, -0.1) is 0 Å². The number of hydrogen-bond acceptors (Lipinski definition) is 7. The van der Waals surface area contributed by atoms with Crippen LogP contribution in [0.25, 0.3) is 22.0 Å². The van der Waals surface area contributed by atoms with Gasteiger partial charge in [0.25, 0.3) is 0 Å². The third kappa shape index (κ3) is 4.61. The summed E-state index contributed by atoms with van der Waals surface area (Å²) in [6, 6.07) is 14.3. The fraction of sp³-hybridized carbons (Fsp3) is 0.364. The molecule has 1 fully saturated rings. The quantitative estimate of drug-likeness (QED) is 0.507. The number of fused-ring (bicyclic) bond motifs is 2. The van der Waals surface area contributed by atoms with Crippen LogP contribution in [0.4, 0.5) is 5.82 Å². The van der Waals surface area contributed by atoms with Crippen molar-refractivity contribution in [3.05, 3.63) is 54.4 Å². The Morgan fingerprint density at radius 1 is 1.13 bits per heavy atom. The summed E-state index contributed by atoms with van der Waals surface area (Å²) in [4.78, 5) is 10.9. The molecule has 0 aromatic carbocycles. The van der Waals surface area contributed by atoms with Crippen LogP contribution in [0.5, 0.6) is 0 Å². The average Bonchev–Trinajstić information content (AvgIpc) is 2.71. The van der Waals surface area contributed by atoms with Crippen LogP contribution in [0, 0.1) is 6.92 Å². The lowest BCUT2D eigenvalue weighted by molar-refractivity contribution is 0.218. The second-order valence-corrected chi connectivity index (χ2v) is 9.89. The van der Waals surface area contributed by atoms with Crippen molar-refractivity contribution in [2.75, 3.05) is 44.3 Å². The normalized spacial score (nSPS) is 17.9. The van der Waals surface area contributed by atoms with E-state index < -0.39 is 15.2 Å². The van der Waals surface area contributed by atoms with E-state index in [1.54, 1.807) is 6.20 Å². The molecule has 1 aliphatic heterocycles. The first-order valence-corrected chi connectivity index (χ1v) is 12.1. The first kappa shape index (κ1) is 20.7. The minimum absolute atomic E-state index is 0.452. The van der Waals surface area contributed by atoms with Gasteiger partial charge in [0.15, 0.2) is 9.84 Å². The number of nitrogens with one attached hydrogen (secondary N) is 2. The molecule has 1 unspecified atom stereocenters. The van der Waals surface area contributed by atoms with Crippen molar-refractivity contribution >= 4 is 26.6 Å². The molecule has 3 heterocycles. The lowest BCUT2D eigenvalue weighted by atomic mass is 9.95. The molecule has 158 valence electrons. The van der Waals surface area contributed by atoms with Crippen molar-refractivity contribution in [1.29, 1.82) is 0 Å². The number of benzene rings is 1. The van der Waals surface area contributed by atoms with E-state index in [1.807, 2.05) is 30.0 Å². The maximum absolute atomic E-state index is 11.9. The number of nitrogens with zero attached hydrogens (tertiary/aromatic N) is 3. The van der Waals surface area contributed by atoms with E-state index in [0.717, 1.165) is 35.5 Å². The lowest BCUT2D eigenvalue weighted by Crippen LogP contribution is -2.55. The van der Waals surface area contributed by atoms with Gasteiger partial charge in [-0.2, -0.15) is 0 Å². The maximum atomic E-state index is 11.9. The number of piperazine rings is 1. The first-order chi connectivity index (χ1) is 14.4. The van der Waals surface area contributed by atoms with Gasteiger partial charge in [-0.1, -0.05) is 24.3 Å². The molecule has 5 rings (SSSR count). The largest absolute Gasteiger partial charge is 0.369 e. The van der Waals surface area contributed by atoms with Gasteiger partial charge in [0.05, 0.1) is 5.52 Å². The van der Waals surface area contributed by atoms with Gasteiger partial charge >= 0.3 is 0 Å². The summed E-state index contributed by atoms with van der Waals surface area (Å²) in [5, 5.41) is 7.02. The van der Waals surface area contributed by atoms with E-state index in [-0.39, 0.29) is 0 Å². The minimum atomic E-state index is -3.09. The molecule has 7 nitrogen and oxygen atoms in total. The molecular formula is C22H27N5O2S. The molecule has 1 saturated heterocycles.